The quantitative estimate of drug-likeness (QED) is 0.640. The first kappa shape index (κ1) is 10.2. The van der Waals surface area contributed by atoms with Crippen LogP contribution in [0.3, 0.4) is 0 Å². The second-order valence-electron chi connectivity index (χ2n) is 3.33. The molecule has 0 aliphatic heterocycles. The minimum absolute atomic E-state index is 0.0729. The van der Waals surface area contributed by atoms with E-state index in [2.05, 4.69) is 0 Å². The maximum Gasteiger partial charge on any atom is 0.367 e. The molecular weight excluding hydrogens is 178 g/mol. The molecule has 1 aliphatic rings. The largest absolute Gasteiger partial charge is 0.367 e. The first-order chi connectivity index (χ1) is 5.64. The van der Waals surface area contributed by atoms with Crippen LogP contribution in [0, 0.1) is 0 Å². The van der Waals surface area contributed by atoms with Crippen molar-refractivity contribution in [2.75, 3.05) is 6.16 Å². The Balaban J connectivity index is 2.32. The highest BCUT2D eigenvalue weighted by Crippen LogP contribution is 2.51. The first-order valence-electron chi connectivity index (χ1n) is 4.61. The number of hydrogen-bond donors (Lipinski definition) is 0. The predicted octanol–water partition coefficient (Wildman–Crippen LogP) is 3.52. The molecule has 72 valence electrons. The molecule has 0 bridgehead atoms. The first-order valence-corrected chi connectivity index (χ1v) is 6.31. The van der Waals surface area contributed by atoms with E-state index in [9.17, 15) is 8.76 Å². The van der Waals surface area contributed by atoms with Crippen LogP contribution in [-0.4, -0.2) is 12.3 Å². The van der Waals surface area contributed by atoms with Crippen LogP contribution in [0.15, 0.2) is 0 Å². The Hall–Kier alpha value is 0.120. The van der Waals surface area contributed by atoms with Crippen LogP contribution >= 0.6 is 7.68 Å². The van der Waals surface area contributed by atoms with Gasteiger partial charge < -0.3 is 4.52 Å². The van der Waals surface area contributed by atoms with Crippen molar-refractivity contribution in [1.29, 1.82) is 0 Å². The van der Waals surface area contributed by atoms with Crippen molar-refractivity contribution in [2.24, 2.45) is 0 Å². The lowest BCUT2D eigenvalue weighted by molar-refractivity contribution is 0.195. The molecule has 2 nitrogen and oxygen atoms in total. The van der Waals surface area contributed by atoms with E-state index < -0.39 is 7.68 Å². The summed E-state index contributed by atoms with van der Waals surface area (Å²) >= 11 is 0. The second-order valence-corrected chi connectivity index (χ2v) is 5.16. The van der Waals surface area contributed by atoms with Gasteiger partial charge in [-0.2, -0.15) is 4.20 Å². The average molecular weight is 194 g/mol. The summed E-state index contributed by atoms with van der Waals surface area (Å²) in [5, 5.41) is 0. The van der Waals surface area contributed by atoms with Gasteiger partial charge in [0.05, 0.1) is 12.3 Å². The summed E-state index contributed by atoms with van der Waals surface area (Å²) in [4.78, 5) is 0. The van der Waals surface area contributed by atoms with Gasteiger partial charge in [-0.15, -0.1) is 0 Å². The highest BCUT2D eigenvalue weighted by molar-refractivity contribution is 7.53. The standard InChI is InChI=1S/C8H16FO2P/c1-2-7-12(9,10)11-8-5-3-4-6-8/h8H,2-7H2,1H3. The second kappa shape index (κ2) is 4.38. The molecule has 0 aromatic heterocycles. The fourth-order valence-electron chi connectivity index (χ4n) is 1.54. The van der Waals surface area contributed by atoms with Gasteiger partial charge in [0.15, 0.2) is 0 Å². The van der Waals surface area contributed by atoms with E-state index in [4.69, 9.17) is 4.52 Å². The molecule has 1 saturated carbocycles. The molecule has 0 amide bonds. The lowest BCUT2D eigenvalue weighted by Gasteiger charge is -2.14. The van der Waals surface area contributed by atoms with Crippen molar-refractivity contribution in [3.63, 3.8) is 0 Å². The van der Waals surface area contributed by atoms with Crippen LogP contribution < -0.4 is 0 Å². The van der Waals surface area contributed by atoms with Gasteiger partial charge in [0.1, 0.15) is 0 Å². The Labute approximate surface area is 73.1 Å². The van der Waals surface area contributed by atoms with Crippen LogP contribution in [0.1, 0.15) is 39.0 Å². The lowest BCUT2D eigenvalue weighted by Crippen LogP contribution is -2.04. The topological polar surface area (TPSA) is 26.3 Å². The van der Waals surface area contributed by atoms with Gasteiger partial charge in [0, 0.05) is 0 Å². The molecule has 1 atom stereocenters. The molecule has 0 heterocycles. The van der Waals surface area contributed by atoms with Crippen molar-refractivity contribution in [1.82, 2.24) is 0 Å². The van der Waals surface area contributed by atoms with Gasteiger partial charge in [-0.1, -0.05) is 19.8 Å². The average Bonchev–Trinajstić information content (AvgIpc) is 2.38. The Kier molecular flexibility index (Phi) is 3.73. The van der Waals surface area contributed by atoms with Crippen LogP contribution in [0.2, 0.25) is 0 Å². The number of halogens is 1. The van der Waals surface area contributed by atoms with Crippen molar-refractivity contribution < 1.29 is 13.3 Å². The molecule has 0 aromatic carbocycles. The van der Waals surface area contributed by atoms with Gasteiger partial charge in [-0.05, 0) is 19.3 Å². The molecule has 1 unspecified atom stereocenters. The highest BCUT2D eigenvalue weighted by Gasteiger charge is 2.27. The lowest BCUT2D eigenvalue weighted by atomic mass is 10.3. The summed E-state index contributed by atoms with van der Waals surface area (Å²) in [7, 11) is -3.74. The van der Waals surface area contributed by atoms with E-state index in [-0.39, 0.29) is 12.3 Å². The van der Waals surface area contributed by atoms with Gasteiger partial charge in [-0.3, -0.25) is 4.57 Å². The maximum absolute atomic E-state index is 13.1. The van der Waals surface area contributed by atoms with Crippen LogP contribution in [0.5, 0.6) is 0 Å². The molecule has 1 rings (SSSR count). The fourth-order valence-corrected chi connectivity index (χ4v) is 2.83. The van der Waals surface area contributed by atoms with Crippen LogP contribution in [-0.2, 0) is 9.09 Å². The highest BCUT2D eigenvalue weighted by atomic mass is 31.2. The Morgan fingerprint density at radius 1 is 1.50 bits per heavy atom. The smallest absolute Gasteiger partial charge is 0.302 e. The molecule has 0 radical (unpaired) electrons. The molecule has 1 aliphatic carbocycles. The zero-order valence-electron chi connectivity index (χ0n) is 7.46. The van der Waals surface area contributed by atoms with E-state index >= 15 is 0 Å². The van der Waals surface area contributed by atoms with Crippen LogP contribution in [0.25, 0.3) is 0 Å². The van der Waals surface area contributed by atoms with E-state index in [1.54, 1.807) is 0 Å². The van der Waals surface area contributed by atoms with Crippen molar-refractivity contribution >= 4 is 7.68 Å². The van der Waals surface area contributed by atoms with Crippen LogP contribution in [0.4, 0.5) is 4.20 Å². The fraction of sp³-hybridized carbons (Fsp3) is 1.00. The van der Waals surface area contributed by atoms with E-state index in [1.165, 1.54) is 0 Å². The molecule has 0 spiro atoms. The summed E-state index contributed by atoms with van der Waals surface area (Å²) in [6.45, 7) is 1.81. The Morgan fingerprint density at radius 2 is 2.08 bits per heavy atom. The summed E-state index contributed by atoms with van der Waals surface area (Å²) in [5.74, 6) is 0. The molecular formula is C8H16FO2P. The number of rotatable bonds is 4. The normalized spacial score (nSPS) is 24.2. The summed E-state index contributed by atoms with van der Waals surface area (Å²) in [5.41, 5.74) is 0. The minimum atomic E-state index is -3.74. The molecule has 4 heteroatoms. The molecule has 0 saturated heterocycles. The Bertz CT molecular complexity index is 178. The monoisotopic (exact) mass is 194 g/mol. The minimum Gasteiger partial charge on any atom is -0.302 e. The Morgan fingerprint density at radius 3 is 2.58 bits per heavy atom. The molecule has 0 aromatic rings. The van der Waals surface area contributed by atoms with Gasteiger partial charge in [0.2, 0.25) is 0 Å². The van der Waals surface area contributed by atoms with Gasteiger partial charge in [0.25, 0.3) is 0 Å². The molecule has 0 N–H and O–H groups in total. The summed E-state index contributed by atoms with van der Waals surface area (Å²) in [6, 6.07) is 0. The van der Waals surface area contributed by atoms with E-state index in [1.807, 2.05) is 6.92 Å². The third-order valence-corrected chi connectivity index (χ3v) is 3.69. The zero-order chi connectivity index (χ0) is 9.03. The zero-order valence-corrected chi connectivity index (χ0v) is 8.36. The predicted molar refractivity (Wildman–Crippen MR) is 47.2 cm³/mol. The van der Waals surface area contributed by atoms with E-state index in [0.29, 0.717) is 6.42 Å². The molecule has 12 heavy (non-hydrogen) atoms. The SMILES string of the molecule is CCCP(=O)(F)OC1CCCC1. The van der Waals surface area contributed by atoms with Crippen molar-refractivity contribution in [3.05, 3.63) is 0 Å². The van der Waals surface area contributed by atoms with Crippen molar-refractivity contribution in [2.45, 2.75) is 45.1 Å². The van der Waals surface area contributed by atoms with Gasteiger partial charge >= 0.3 is 7.68 Å². The van der Waals surface area contributed by atoms with Gasteiger partial charge in [-0.25, -0.2) is 0 Å². The van der Waals surface area contributed by atoms with E-state index in [0.717, 1.165) is 25.7 Å². The summed E-state index contributed by atoms with van der Waals surface area (Å²) < 4.78 is 29.1. The third kappa shape index (κ3) is 3.24. The third-order valence-electron chi connectivity index (χ3n) is 2.10. The van der Waals surface area contributed by atoms with Crippen molar-refractivity contribution in [3.8, 4) is 0 Å². The maximum atomic E-state index is 13.1. The molecule has 1 fully saturated rings. The summed E-state index contributed by atoms with van der Waals surface area (Å²) in [6.07, 6.45) is 4.49. The number of hydrogen-bond acceptors (Lipinski definition) is 2.